The normalized spacial score (nSPS) is 12.8. The zero-order chi connectivity index (χ0) is 15.0. The minimum absolute atomic E-state index is 0.271. The second-order valence-electron chi connectivity index (χ2n) is 5.28. The molecule has 0 saturated carbocycles. The van der Waals surface area contributed by atoms with Crippen molar-refractivity contribution >= 4 is 26.9 Å². The van der Waals surface area contributed by atoms with E-state index in [0.717, 1.165) is 22.3 Å². The molecule has 4 heteroatoms. The summed E-state index contributed by atoms with van der Waals surface area (Å²) in [6.07, 6.45) is 0.523. The van der Waals surface area contributed by atoms with E-state index in [1.54, 1.807) is 0 Å². The summed E-state index contributed by atoms with van der Waals surface area (Å²) in [6.45, 7) is 2.04. The fourth-order valence-electron chi connectivity index (χ4n) is 2.45. The lowest BCUT2D eigenvalue weighted by atomic mass is 10.0. The summed E-state index contributed by atoms with van der Waals surface area (Å²) in [5.41, 5.74) is 9.04. The third-order valence-electron chi connectivity index (χ3n) is 3.43. The predicted molar refractivity (Wildman–Crippen MR) is 85.7 cm³/mol. The third kappa shape index (κ3) is 3.17. The number of rotatable bonds is 3. The van der Waals surface area contributed by atoms with E-state index in [-0.39, 0.29) is 11.9 Å². The number of aryl methyl sites for hydroxylation is 1. The van der Waals surface area contributed by atoms with E-state index in [1.165, 1.54) is 17.7 Å². The van der Waals surface area contributed by atoms with E-state index in [4.69, 9.17) is 10.2 Å². The summed E-state index contributed by atoms with van der Waals surface area (Å²) < 4.78 is 19.9. The first-order valence-corrected chi connectivity index (χ1v) is 7.51. The molecule has 1 atom stereocenters. The fourth-order valence-corrected chi connectivity index (χ4v) is 2.96. The Bertz CT molecular complexity index is 776. The molecule has 0 aliphatic carbocycles. The van der Waals surface area contributed by atoms with Gasteiger partial charge in [0.05, 0.1) is 6.04 Å². The van der Waals surface area contributed by atoms with Crippen LogP contribution >= 0.6 is 15.9 Å². The Morgan fingerprint density at radius 2 is 2.00 bits per heavy atom. The quantitative estimate of drug-likeness (QED) is 0.732. The third-order valence-corrected chi connectivity index (χ3v) is 3.89. The highest BCUT2D eigenvalue weighted by molar-refractivity contribution is 9.10. The van der Waals surface area contributed by atoms with Crippen LogP contribution in [-0.2, 0) is 6.42 Å². The first kappa shape index (κ1) is 14.3. The molecule has 108 valence electrons. The molecule has 0 bridgehead atoms. The Morgan fingerprint density at radius 3 is 2.76 bits per heavy atom. The molecule has 0 amide bonds. The molecule has 1 aromatic heterocycles. The summed E-state index contributed by atoms with van der Waals surface area (Å²) in [5, 5.41) is 1.04. The number of furan rings is 1. The van der Waals surface area contributed by atoms with E-state index < -0.39 is 0 Å². The van der Waals surface area contributed by atoms with Gasteiger partial charge in [-0.15, -0.1) is 0 Å². The molecule has 0 aliphatic rings. The van der Waals surface area contributed by atoms with Crippen molar-refractivity contribution in [2.45, 2.75) is 19.4 Å². The van der Waals surface area contributed by atoms with Crippen molar-refractivity contribution in [1.82, 2.24) is 0 Å². The maximum Gasteiger partial charge on any atom is 0.134 e. The largest absolute Gasteiger partial charge is 0.459 e. The van der Waals surface area contributed by atoms with Gasteiger partial charge in [-0.2, -0.15) is 0 Å². The molecular formula is C17H15BrFNO. The number of benzene rings is 2. The van der Waals surface area contributed by atoms with E-state index >= 15 is 0 Å². The number of halogens is 2. The topological polar surface area (TPSA) is 39.2 Å². The van der Waals surface area contributed by atoms with Crippen LogP contribution in [0.5, 0.6) is 0 Å². The monoisotopic (exact) mass is 347 g/mol. The Morgan fingerprint density at radius 1 is 1.19 bits per heavy atom. The highest BCUT2D eigenvalue weighted by Crippen LogP contribution is 2.26. The van der Waals surface area contributed by atoms with Crippen molar-refractivity contribution in [3.8, 4) is 0 Å². The maximum absolute atomic E-state index is 13.4. The molecule has 0 spiro atoms. The van der Waals surface area contributed by atoms with Gasteiger partial charge in [0.1, 0.15) is 17.2 Å². The lowest BCUT2D eigenvalue weighted by Crippen LogP contribution is -2.12. The van der Waals surface area contributed by atoms with Crippen LogP contribution in [0.3, 0.4) is 0 Å². The van der Waals surface area contributed by atoms with Gasteiger partial charge in [0.15, 0.2) is 0 Å². The molecule has 21 heavy (non-hydrogen) atoms. The van der Waals surface area contributed by atoms with E-state index in [1.807, 2.05) is 31.2 Å². The Hall–Kier alpha value is -1.65. The Labute approximate surface area is 130 Å². The number of hydrogen-bond acceptors (Lipinski definition) is 2. The van der Waals surface area contributed by atoms with Crippen molar-refractivity contribution in [3.63, 3.8) is 0 Å². The first-order chi connectivity index (χ1) is 10.0. The van der Waals surface area contributed by atoms with Crippen LogP contribution < -0.4 is 5.73 Å². The van der Waals surface area contributed by atoms with Crippen LogP contribution in [0, 0.1) is 12.7 Å². The average Bonchev–Trinajstić information content (AvgIpc) is 2.80. The molecular weight excluding hydrogens is 333 g/mol. The van der Waals surface area contributed by atoms with Crippen LogP contribution in [0.25, 0.3) is 11.0 Å². The fraction of sp³-hybridized carbons (Fsp3) is 0.176. The summed E-state index contributed by atoms with van der Waals surface area (Å²) in [4.78, 5) is 0. The van der Waals surface area contributed by atoms with Gasteiger partial charge in [-0.1, -0.05) is 27.6 Å². The minimum atomic E-state index is -0.300. The number of hydrogen-bond donors (Lipinski definition) is 1. The van der Waals surface area contributed by atoms with Crippen molar-refractivity contribution in [3.05, 3.63) is 69.6 Å². The van der Waals surface area contributed by atoms with Gasteiger partial charge in [0, 0.05) is 9.86 Å². The first-order valence-electron chi connectivity index (χ1n) is 6.72. The molecule has 0 radical (unpaired) electrons. The minimum Gasteiger partial charge on any atom is -0.459 e. The molecule has 1 unspecified atom stereocenters. The van der Waals surface area contributed by atoms with Gasteiger partial charge >= 0.3 is 0 Å². The van der Waals surface area contributed by atoms with Crippen LogP contribution in [0.2, 0.25) is 0 Å². The molecule has 2 N–H and O–H groups in total. The van der Waals surface area contributed by atoms with Gasteiger partial charge in [0.25, 0.3) is 0 Å². The second-order valence-corrected chi connectivity index (χ2v) is 6.19. The van der Waals surface area contributed by atoms with Crippen molar-refractivity contribution < 1.29 is 8.81 Å². The Balaban J connectivity index is 1.87. The zero-order valence-corrected chi connectivity index (χ0v) is 13.2. The zero-order valence-electron chi connectivity index (χ0n) is 11.6. The number of nitrogens with two attached hydrogens (primary N) is 1. The maximum atomic E-state index is 13.4. The predicted octanol–water partition coefficient (Wildman–Crippen LogP) is 4.89. The lowest BCUT2D eigenvalue weighted by molar-refractivity contribution is 0.493. The molecule has 2 aromatic carbocycles. The van der Waals surface area contributed by atoms with E-state index in [0.29, 0.717) is 10.9 Å². The van der Waals surface area contributed by atoms with Gasteiger partial charge in [-0.25, -0.2) is 4.39 Å². The molecule has 0 saturated heterocycles. The molecule has 1 heterocycles. The van der Waals surface area contributed by atoms with Gasteiger partial charge in [-0.05, 0) is 55.3 Å². The van der Waals surface area contributed by atoms with Crippen LogP contribution in [0.1, 0.15) is 22.9 Å². The Kier molecular flexibility index (Phi) is 3.83. The van der Waals surface area contributed by atoms with E-state index in [2.05, 4.69) is 22.0 Å². The molecule has 3 rings (SSSR count). The smallest absolute Gasteiger partial charge is 0.134 e. The number of fused-ring (bicyclic) bond motifs is 1. The highest BCUT2D eigenvalue weighted by Gasteiger charge is 2.13. The van der Waals surface area contributed by atoms with Crippen molar-refractivity contribution in [1.29, 1.82) is 0 Å². The second kappa shape index (κ2) is 5.62. The van der Waals surface area contributed by atoms with Crippen molar-refractivity contribution in [2.24, 2.45) is 5.73 Å². The van der Waals surface area contributed by atoms with Gasteiger partial charge in [-0.3, -0.25) is 0 Å². The standard InChI is InChI=1S/C17H15BrFNO/c1-10-2-3-16-12(4-10)8-17(21-16)15(20)7-11-5-13(18)9-14(19)6-11/h2-6,8-9,15H,7,20H2,1H3. The summed E-state index contributed by atoms with van der Waals surface area (Å²) in [5.74, 6) is 0.447. The average molecular weight is 348 g/mol. The van der Waals surface area contributed by atoms with Crippen molar-refractivity contribution in [2.75, 3.05) is 0 Å². The molecule has 0 aliphatic heterocycles. The van der Waals surface area contributed by atoms with Gasteiger partial charge < -0.3 is 10.2 Å². The van der Waals surface area contributed by atoms with E-state index in [9.17, 15) is 4.39 Å². The highest BCUT2D eigenvalue weighted by atomic mass is 79.9. The SMILES string of the molecule is Cc1ccc2oc(C(N)Cc3cc(F)cc(Br)c3)cc2c1. The van der Waals surface area contributed by atoms with Crippen LogP contribution in [-0.4, -0.2) is 0 Å². The summed E-state index contributed by atoms with van der Waals surface area (Å²) in [6, 6.07) is 12.5. The summed E-state index contributed by atoms with van der Waals surface area (Å²) >= 11 is 3.29. The molecule has 0 fully saturated rings. The lowest BCUT2D eigenvalue weighted by Gasteiger charge is -2.09. The summed E-state index contributed by atoms with van der Waals surface area (Å²) in [7, 11) is 0. The molecule has 3 aromatic rings. The van der Waals surface area contributed by atoms with Crippen LogP contribution in [0.4, 0.5) is 4.39 Å². The van der Waals surface area contributed by atoms with Gasteiger partial charge in [0.2, 0.25) is 0 Å². The van der Waals surface area contributed by atoms with Crippen LogP contribution in [0.15, 0.2) is 51.4 Å². The molecule has 2 nitrogen and oxygen atoms in total.